The van der Waals surface area contributed by atoms with E-state index in [0.717, 1.165) is 11.4 Å². The molecule has 0 saturated carbocycles. The fourth-order valence-electron chi connectivity index (χ4n) is 2.60. The molecule has 1 saturated heterocycles. The molecule has 22 heavy (non-hydrogen) atoms. The second-order valence-corrected chi connectivity index (χ2v) is 5.42. The molecule has 2 heterocycles. The highest BCUT2D eigenvalue weighted by Gasteiger charge is 2.28. The predicted octanol–water partition coefficient (Wildman–Crippen LogP) is 1.14. The van der Waals surface area contributed by atoms with Gasteiger partial charge in [0.05, 0.1) is 12.1 Å². The van der Waals surface area contributed by atoms with Crippen LogP contribution in [0.15, 0.2) is 36.4 Å². The SMILES string of the molecule is Cc1cc(CC(=O)N2CCN(c3ccccc3)C(=O)C2)n[nH]1. The summed E-state index contributed by atoms with van der Waals surface area (Å²) < 4.78 is 0. The van der Waals surface area contributed by atoms with Gasteiger partial charge >= 0.3 is 0 Å². The molecule has 6 nitrogen and oxygen atoms in total. The molecule has 0 radical (unpaired) electrons. The molecular weight excluding hydrogens is 280 g/mol. The average molecular weight is 298 g/mol. The van der Waals surface area contributed by atoms with Gasteiger partial charge in [0.25, 0.3) is 0 Å². The summed E-state index contributed by atoms with van der Waals surface area (Å²) in [6.07, 6.45) is 0.225. The molecule has 114 valence electrons. The Morgan fingerprint density at radius 3 is 2.68 bits per heavy atom. The number of nitrogens with one attached hydrogen (secondary N) is 1. The van der Waals surface area contributed by atoms with Gasteiger partial charge in [-0.05, 0) is 25.1 Å². The first-order valence-electron chi connectivity index (χ1n) is 7.27. The van der Waals surface area contributed by atoms with Crippen molar-refractivity contribution in [2.24, 2.45) is 0 Å². The molecule has 1 N–H and O–H groups in total. The molecule has 0 spiro atoms. The van der Waals surface area contributed by atoms with Crippen LogP contribution in [-0.4, -0.2) is 46.5 Å². The van der Waals surface area contributed by atoms with E-state index < -0.39 is 0 Å². The second-order valence-electron chi connectivity index (χ2n) is 5.42. The molecule has 2 amide bonds. The Kier molecular flexibility index (Phi) is 3.91. The third kappa shape index (κ3) is 3.00. The number of carbonyl (C=O) groups is 2. The van der Waals surface area contributed by atoms with Gasteiger partial charge in [-0.25, -0.2) is 0 Å². The minimum Gasteiger partial charge on any atom is -0.331 e. The third-order valence-electron chi connectivity index (χ3n) is 3.73. The van der Waals surface area contributed by atoms with Gasteiger partial charge in [-0.2, -0.15) is 5.10 Å². The molecule has 6 heteroatoms. The molecule has 0 unspecified atom stereocenters. The number of H-pyrrole nitrogens is 1. The number of benzene rings is 1. The van der Waals surface area contributed by atoms with E-state index in [9.17, 15) is 9.59 Å². The molecule has 3 rings (SSSR count). The van der Waals surface area contributed by atoms with Crippen molar-refractivity contribution < 1.29 is 9.59 Å². The molecule has 1 aliphatic heterocycles. The molecule has 0 bridgehead atoms. The van der Waals surface area contributed by atoms with Crippen molar-refractivity contribution in [2.75, 3.05) is 24.5 Å². The average Bonchev–Trinajstić information content (AvgIpc) is 2.93. The monoisotopic (exact) mass is 298 g/mol. The summed E-state index contributed by atoms with van der Waals surface area (Å²) in [5, 5.41) is 6.88. The number of carbonyl (C=O) groups excluding carboxylic acids is 2. The zero-order valence-electron chi connectivity index (χ0n) is 12.5. The van der Waals surface area contributed by atoms with Crippen LogP contribution in [0.4, 0.5) is 5.69 Å². The number of aromatic nitrogens is 2. The van der Waals surface area contributed by atoms with E-state index in [1.54, 1.807) is 9.80 Å². The number of hydrogen-bond donors (Lipinski definition) is 1. The van der Waals surface area contributed by atoms with Crippen LogP contribution in [0.2, 0.25) is 0 Å². The molecule has 0 atom stereocenters. The van der Waals surface area contributed by atoms with Gasteiger partial charge in [-0.15, -0.1) is 0 Å². The first kappa shape index (κ1) is 14.3. The zero-order chi connectivity index (χ0) is 15.5. The highest BCUT2D eigenvalue weighted by molar-refractivity contribution is 5.98. The van der Waals surface area contributed by atoms with E-state index in [-0.39, 0.29) is 24.8 Å². The molecule has 1 aliphatic rings. The lowest BCUT2D eigenvalue weighted by Gasteiger charge is -2.34. The Bertz CT molecular complexity index is 680. The number of para-hydroxylation sites is 1. The smallest absolute Gasteiger partial charge is 0.246 e. The van der Waals surface area contributed by atoms with Crippen LogP contribution in [0.1, 0.15) is 11.4 Å². The first-order chi connectivity index (χ1) is 10.6. The fourth-order valence-corrected chi connectivity index (χ4v) is 2.60. The largest absolute Gasteiger partial charge is 0.331 e. The Hall–Kier alpha value is -2.63. The first-order valence-corrected chi connectivity index (χ1v) is 7.27. The maximum atomic E-state index is 12.3. The topological polar surface area (TPSA) is 69.3 Å². The van der Waals surface area contributed by atoms with Gasteiger partial charge < -0.3 is 9.80 Å². The van der Waals surface area contributed by atoms with Gasteiger partial charge in [-0.1, -0.05) is 18.2 Å². The van der Waals surface area contributed by atoms with E-state index in [2.05, 4.69) is 10.2 Å². The van der Waals surface area contributed by atoms with Gasteiger partial charge in [0.2, 0.25) is 11.8 Å². The van der Waals surface area contributed by atoms with Crippen molar-refractivity contribution >= 4 is 17.5 Å². The summed E-state index contributed by atoms with van der Waals surface area (Å²) in [5.41, 5.74) is 2.51. The fraction of sp³-hybridized carbons (Fsp3) is 0.312. The van der Waals surface area contributed by atoms with Gasteiger partial charge in [0, 0.05) is 24.5 Å². The van der Waals surface area contributed by atoms with E-state index in [1.807, 2.05) is 43.3 Å². The quantitative estimate of drug-likeness (QED) is 0.923. The minimum atomic E-state index is -0.0624. The standard InChI is InChI=1S/C16H18N4O2/c1-12-9-13(18-17-12)10-15(21)19-7-8-20(16(22)11-19)14-5-3-2-4-6-14/h2-6,9H,7-8,10-11H2,1H3,(H,17,18). The third-order valence-corrected chi connectivity index (χ3v) is 3.73. The lowest BCUT2D eigenvalue weighted by molar-refractivity contribution is -0.136. The number of hydrogen-bond acceptors (Lipinski definition) is 3. The van der Waals surface area contributed by atoms with Gasteiger partial charge in [-0.3, -0.25) is 14.7 Å². The van der Waals surface area contributed by atoms with Crippen LogP contribution < -0.4 is 4.90 Å². The number of aromatic amines is 1. The maximum absolute atomic E-state index is 12.3. The summed E-state index contributed by atoms with van der Waals surface area (Å²) >= 11 is 0. The van der Waals surface area contributed by atoms with Crippen molar-refractivity contribution in [2.45, 2.75) is 13.3 Å². The number of rotatable bonds is 3. The highest BCUT2D eigenvalue weighted by atomic mass is 16.2. The summed E-state index contributed by atoms with van der Waals surface area (Å²) in [5.74, 6) is -0.114. The Balaban J connectivity index is 1.62. The molecule has 1 aromatic carbocycles. The number of nitrogens with zero attached hydrogens (tertiary/aromatic N) is 3. The Morgan fingerprint density at radius 1 is 1.27 bits per heavy atom. The van der Waals surface area contributed by atoms with E-state index in [4.69, 9.17) is 0 Å². The maximum Gasteiger partial charge on any atom is 0.246 e. The van der Waals surface area contributed by atoms with Crippen molar-refractivity contribution in [1.82, 2.24) is 15.1 Å². The van der Waals surface area contributed by atoms with Crippen molar-refractivity contribution in [1.29, 1.82) is 0 Å². The normalized spacial score (nSPS) is 15.2. The predicted molar refractivity (Wildman–Crippen MR) is 82.4 cm³/mol. The van der Waals surface area contributed by atoms with Crippen LogP contribution in [0.3, 0.4) is 0 Å². The molecule has 1 fully saturated rings. The molecule has 0 aliphatic carbocycles. The number of aryl methyl sites for hydroxylation is 1. The van der Waals surface area contributed by atoms with Crippen LogP contribution in [0.5, 0.6) is 0 Å². The summed E-state index contributed by atoms with van der Waals surface area (Å²) in [4.78, 5) is 27.9. The number of amides is 2. The van der Waals surface area contributed by atoms with E-state index in [1.165, 1.54) is 0 Å². The molecule has 1 aromatic heterocycles. The number of anilines is 1. The minimum absolute atomic E-state index is 0.0518. The Labute approximate surface area is 128 Å². The second kappa shape index (κ2) is 6.01. The lowest BCUT2D eigenvalue weighted by atomic mass is 10.2. The van der Waals surface area contributed by atoms with Crippen molar-refractivity contribution in [3.63, 3.8) is 0 Å². The van der Waals surface area contributed by atoms with E-state index >= 15 is 0 Å². The number of piperazine rings is 1. The van der Waals surface area contributed by atoms with Crippen LogP contribution in [0, 0.1) is 6.92 Å². The van der Waals surface area contributed by atoms with Crippen molar-refractivity contribution in [3.05, 3.63) is 47.8 Å². The van der Waals surface area contributed by atoms with E-state index in [0.29, 0.717) is 18.8 Å². The van der Waals surface area contributed by atoms with Crippen LogP contribution in [-0.2, 0) is 16.0 Å². The van der Waals surface area contributed by atoms with Crippen molar-refractivity contribution in [3.8, 4) is 0 Å². The summed E-state index contributed by atoms with van der Waals surface area (Å²) in [6, 6.07) is 11.4. The molecular formula is C16H18N4O2. The van der Waals surface area contributed by atoms with Crippen LogP contribution >= 0.6 is 0 Å². The molecule has 2 aromatic rings. The Morgan fingerprint density at radius 2 is 2.05 bits per heavy atom. The zero-order valence-corrected chi connectivity index (χ0v) is 12.5. The lowest BCUT2D eigenvalue weighted by Crippen LogP contribution is -2.52. The van der Waals surface area contributed by atoms with Gasteiger partial charge in [0.1, 0.15) is 6.54 Å². The summed E-state index contributed by atoms with van der Waals surface area (Å²) in [7, 11) is 0. The van der Waals surface area contributed by atoms with Gasteiger partial charge in [0.15, 0.2) is 0 Å². The highest BCUT2D eigenvalue weighted by Crippen LogP contribution is 2.17. The summed E-state index contributed by atoms with van der Waals surface area (Å²) in [6.45, 7) is 3.08. The van der Waals surface area contributed by atoms with Crippen LogP contribution in [0.25, 0.3) is 0 Å².